The van der Waals surface area contributed by atoms with E-state index < -0.39 is 30.1 Å². The largest absolute Gasteiger partial charge is 0.444 e. The van der Waals surface area contributed by atoms with E-state index in [0.29, 0.717) is 13.0 Å². The predicted octanol–water partition coefficient (Wildman–Crippen LogP) is 1.43. The minimum absolute atomic E-state index is 0.272. The van der Waals surface area contributed by atoms with E-state index in [0.717, 1.165) is 5.56 Å². The zero-order valence-electron chi connectivity index (χ0n) is 14.1. The van der Waals surface area contributed by atoms with E-state index in [1.165, 1.54) is 0 Å². The number of likely N-dealkylation sites (tertiary alicyclic amines) is 1. The van der Waals surface area contributed by atoms with Gasteiger partial charge in [-0.3, -0.25) is 9.69 Å². The number of nitrogens with zero attached hydrogens (tertiary/aromatic N) is 1. The fraction of sp³-hybridized carbons (Fsp3) is 0.529. The number of carbonyl (C=O) groups is 2. The van der Waals surface area contributed by atoms with Crippen molar-refractivity contribution >= 4 is 12.6 Å². The van der Waals surface area contributed by atoms with Crippen molar-refractivity contribution in [3.63, 3.8) is 0 Å². The van der Waals surface area contributed by atoms with Crippen molar-refractivity contribution < 1.29 is 24.2 Å². The van der Waals surface area contributed by atoms with Gasteiger partial charge in [-0.2, -0.15) is 0 Å². The second-order valence-electron chi connectivity index (χ2n) is 6.77. The molecule has 3 atom stereocenters. The van der Waals surface area contributed by atoms with Crippen LogP contribution >= 0.6 is 0 Å². The van der Waals surface area contributed by atoms with Crippen LogP contribution in [0.3, 0.4) is 0 Å². The van der Waals surface area contributed by atoms with Gasteiger partial charge >= 0.3 is 6.09 Å². The molecule has 7 nitrogen and oxygen atoms in total. The van der Waals surface area contributed by atoms with Gasteiger partial charge in [0.05, 0.1) is 12.1 Å². The number of alkyl carbamates (subject to hydrolysis) is 1. The van der Waals surface area contributed by atoms with Crippen LogP contribution in [-0.4, -0.2) is 53.4 Å². The maximum absolute atomic E-state index is 11.9. The van der Waals surface area contributed by atoms with Gasteiger partial charge < -0.3 is 19.9 Å². The fourth-order valence-electron chi connectivity index (χ4n) is 2.65. The summed E-state index contributed by atoms with van der Waals surface area (Å²) in [5, 5.41) is 12.9. The van der Waals surface area contributed by atoms with Crippen molar-refractivity contribution in [2.24, 2.45) is 0 Å². The van der Waals surface area contributed by atoms with Gasteiger partial charge in [0.25, 0.3) is 6.47 Å². The lowest BCUT2D eigenvalue weighted by atomic mass is 10.2. The molecule has 0 aliphatic carbocycles. The third-order valence-electron chi connectivity index (χ3n) is 3.62. The number of hydrogen-bond acceptors (Lipinski definition) is 6. The molecule has 0 aromatic heterocycles. The van der Waals surface area contributed by atoms with Crippen LogP contribution in [0.5, 0.6) is 0 Å². The number of aliphatic hydroxyl groups excluding tert-OH is 1. The summed E-state index contributed by atoms with van der Waals surface area (Å²) in [5.41, 5.74) is 0.190. The molecule has 24 heavy (non-hydrogen) atoms. The van der Waals surface area contributed by atoms with Gasteiger partial charge in [-0.15, -0.1) is 0 Å². The number of nitrogens with one attached hydrogen (secondary N) is 1. The van der Waals surface area contributed by atoms with E-state index in [1.54, 1.807) is 25.7 Å². The highest BCUT2D eigenvalue weighted by Gasteiger charge is 2.38. The van der Waals surface area contributed by atoms with Crippen LogP contribution < -0.4 is 5.32 Å². The first-order valence-corrected chi connectivity index (χ1v) is 7.86. The molecule has 3 unspecified atom stereocenters. The molecule has 132 valence electrons. The summed E-state index contributed by atoms with van der Waals surface area (Å²) in [4.78, 5) is 24.5. The number of aliphatic hydroxyl groups is 1. The molecule has 0 saturated carbocycles. The van der Waals surface area contributed by atoms with Crippen molar-refractivity contribution in [1.82, 2.24) is 10.2 Å². The summed E-state index contributed by atoms with van der Waals surface area (Å²) in [6.45, 7) is 6.31. The standard InChI is InChI=1S/C17H24N2O5/c1-17(2,3)24-16(22)18-13-9-19(10-14(13)21)15(23-11-20)12-7-5-4-6-8-12/h4-8,11,13-15,21H,9-10H2,1-3H3,(H,18,22). The summed E-state index contributed by atoms with van der Waals surface area (Å²) >= 11 is 0. The van der Waals surface area contributed by atoms with Gasteiger partial charge in [0.1, 0.15) is 5.60 Å². The van der Waals surface area contributed by atoms with Crippen LogP contribution in [0, 0.1) is 0 Å². The monoisotopic (exact) mass is 336 g/mol. The summed E-state index contributed by atoms with van der Waals surface area (Å²) in [7, 11) is 0. The van der Waals surface area contributed by atoms with Crippen LogP contribution in [0.15, 0.2) is 30.3 Å². The van der Waals surface area contributed by atoms with Crippen molar-refractivity contribution in [3.8, 4) is 0 Å². The van der Waals surface area contributed by atoms with E-state index in [1.807, 2.05) is 30.3 Å². The molecule has 1 saturated heterocycles. The van der Waals surface area contributed by atoms with E-state index >= 15 is 0 Å². The number of amides is 1. The highest BCUT2D eigenvalue weighted by Crippen LogP contribution is 2.26. The van der Waals surface area contributed by atoms with Crippen LogP contribution in [0.1, 0.15) is 32.6 Å². The van der Waals surface area contributed by atoms with Crippen molar-refractivity contribution in [1.29, 1.82) is 0 Å². The molecule has 1 amide bonds. The van der Waals surface area contributed by atoms with E-state index in [-0.39, 0.29) is 6.54 Å². The van der Waals surface area contributed by atoms with Crippen LogP contribution in [0.4, 0.5) is 4.79 Å². The maximum Gasteiger partial charge on any atom is 0.408 e. The molecule has 1 aromatic carbocycles. The Morgan fingerprint density at radius 1 is 1.33 bits per heavy atom. The van der Waals surface area contributed by atoms with Gasteiger partial charge in [-0.05, 0) is 20.8 Å². The minimum Gasteiger partial charge on any atom is -0.444 e. The summed E-state index contributed by atoms with van der Waals surface area (Å²) in [6, 6.07) is 8.75. The first-order chi connectivity index (χ1) is 11.3. The number of ether oxygens (including phenoxy) is 2. The van der Waals surface area contributed by atoms with E-state index in [4.69, 9.17) is 9.47 Å². The first kappa shape index (κ1) is 18.2. The van der Waals surface area contributed by atoms with E-state index in [2.05, 4.69) is 5.32 Å². The second kappa shape index (κ2) is 7.63. The average molecular weight is 336 g/mol. The van der Waals surface area contributed by atoms with Crippen molar-refractivity contribution in [2.75, 3.05) is 13.1 Å². The quantitative estimate of drug-likeness (QED) is 0.791. The molecule has 1 aromatic rings. The Hall–Kier alpha value is -2.12. The fourth-order valence-corrected chi connectivity index (χ4v) is 2.65. The molecule has 2 N–H and O–H groups in total. The van der Waals surface area contributed by atoms with Crippen LogP contribution in [0.2, 0.25) is 0 Å². The Balaban J connectivity index is 2.03. The molecule has 1 aliphatic heterocycles. The van der Waals surface area contributed by atoms with Crippen LogP contribution in [-0.2, 0) is 14.3 Å². The van der Waals surface area contributed by atoms with Crippen molar-refractivity contribution in [3.05, 3.63) is 35.9 Å². The Morgan fingerprint density at radius 3 is 2.58 bits per heavy atom. The molecule has 0 radical (unpaired) electrons. The SMILES string of the molecule is CC(C)(C)OC(=O)NC1CN(C(OC=O)c2ccccc2)CC1O. The molecule has 2 rings (SSSR count). The third kappa shape index (κ3) is 4.94. The molecule has 1 heterocycles. The minimum atomic E-state index is -0.779. The Morgan fingerprint density at radius 2 is 2.00 bits per heavy atom. The molecular formula is C17H24N2O5. The first-order valence-electron chi connectivity index (χ1n) is 7.86. The average Bonchev–Trinajstić information content (AvgIpc) is 2.84. The second-order valence-corrected chi connectivity index (χ2v) is 6.77. The third-order valence-corrected chi connectivity index (χ3v) is 3.62. The van der Waals surface area contributed by atoms with Crippen LogP contribution in [0.25, 0.3) is 0 Å². The normalized spacial score (nSPS) is 22.7. The van der Waals surface area contributed by atoms with Gasteiger partial charge in [0.2, 0.25) is 0 Å². The predicted molar refractivity (Wildman–Crippen MR) is 87.1 cm³/mol. The lowest BCUT2D eigenvalue weighted by molar-refractivity contribution is -0.143. The number of rotatable bonds is 5. The van der Waals surface area contributed by atoms with Crippen molar-refractivity contribution in [2.45, 2.75) is 44.7 Å². The number of hydrogen-bond donors (Lipinski definition) is 2. The zero-order valence-corrected chi connectivity index (χ0v) is 14.1. The molecule has 0 spiro atoms. The van der Waals surface area contributed by atoms with Gasteiger partial charge in [-0.25, -0.2) is 4.79 Å². The molecule has 1 fully saturated rings. The smallest absolute Gasteiger partial charge is 0.408 e. The zero-order chi connectivity index (χ0) is 17.7. The summed E-state index contributed by atoms with van der Waals surface area (Å²) in [6.07, 6.45) is -1.97. The summed E-state index contributed by atoms with van der Waals surface area (Å²) in [5.74, 6) is 0. The Kier molecular flexibility index (Phi) is 5.80. The lowest BCUT2D eigenvalue weighted by Gasteiger charge is -2.26. The summed E-state index contributed by atoms with van der Waals surface area (Å²) < 4.78 is 10.4. The topological polar surface area (TPSA) is 88.1 Å². The molecule has 0 bridgehead atoms. The number of benzene rings is 1. The molecular weight excluding hydrogens is 312 g/mol. The maximum atomic E-state index is 11.9. The van der Waals surface area contributed by atoms with Gasteiger partial charge in [0.15, 0.2) is 6.23 Å². The van der Waals surface area contributed by atoms with Gasteiger partial charge in [0, 0.05) is 18.7 Å². The number of β-amino-alcohol motifs (C(OH)–C–C–N with tert-alkyl or cyclic N) is 1. The highest BCUT2D eigenvalue weighted by molar-refractivity contribution is 5.68. The van der Waals surface area contributed by atoms with Gasteiger partial charge in [-0.1, -0.05) is 30.3 Å². The molecule has 7 heteroatoms. The lowest BCUT2D eigenvalue weighted by Crippen LogP contribution is -2.45. The molecule has 1 aliphatic rings. The Labute approximate surface area is 141 Å². The highest BCUT2D eigenvalue weighted by atomic mass is 16.6. The Bertz CT molecular complexity index is 558. The number of carbonyl (C=O) groups excluding carboxylic acids is 2. The van der Waals surface area contributed by atoms with E-state index in [9.17, 15) is 14.7 Å².